The van der Waals surface area contributed by atoms with Crippen molar-refractivity contribution in [2.24, 2.45) is 0 Å². The lowest BCUT2D eigenvalue weighted by Gasteiger charge is -2.56. The highest BCUT2D eigenvalue weighted by Crippen LogP contribution is 2.38. The molecule has 0 saturated carbocycles. The van der Waals surface area contributed by atoms with Crippen molar-refractivity contribution in [3.05, 3.63) is 24.1 Å². The lowest BCUT2D eigenvalue weighted by molar-refractivity contribution is -0.200. The lowest BCUT2D eigenvalue weighted by atomic mass is 9.82. The third-order valence-electron chi connectivity index (χ3n) is 5.14. The number of pyridine rings is 1. The van der Waals surface area contributed by atoms with E-state index in [4.69, 9.17) is 14.2 Å². The Kier molecular flexibility index (Phi) is 4.22. The summed E-state index contributed by atoms with van der Waals surface area (Å²) < 4.78 is 31.0. The van der Waals surface area contributed by atoms with E-state index in [-0.39, 0.29) is 17.6 Å². The van der Waals surface area contributed by atoms with Crippen molar-refractivity contribution < 1.29 is 18.6 Å². The van der Waals surface area contributed by atoms with Crippen LogP contribution in [0.5, 0.6) is 5.88 Å². The maximum Gasteiger partial charge on any atom is 0.250 e. The molecule has 4 heterocycles. The van der Waals surface area contributed by atoms with E-state index >= 15 is 0 Å². The molecule has 126 valence electrons. The molecule has 0 aliphatic carbocycles. The zero-order valence-electron chi connectivity index (χ0n) is 13.2. The molecule has 1 aromatic rings. The minimum atomic E-state index is -0.398. The first-order chi connectivity index (χ1) is 11.2. The lowest BCUT2D eigenvalue weighted by Crippen LogP contribution is -2.68. The van der Waals surface area contributed by atoms with Crippen LogP contribution in [-0.2, 0) is 9.47 Å². The van der Waals surface area contributed by atoms with Crippen LogP contribution in [0.25, 0.3) is 0 Å². The first-order valence-electron chi connectivity index (χ1n) is 8.47. The van der Waals surface area contributed by atoms with Gasteiger partial charge in [0.25, 0.3) is 5.88 Å². The zero-order chi connectivity index (χ0) is 15.7. The second-order valence-corrected chi connectivity index (χ2v) is 6.80. The van der Waals surface area contributed by atoms with Gasteiger partial charge in [-0.15, -0.1) is 0 Å². The van der Waals surface area contributed by atoms with Gasteiger partial charge in [-0.25, -0.2) is 9.37 Å². The number of ether oxygens (including phenoxy) is 3. The molecule has 0 amide bonds. The summed E-state index contributed by atoms with van der Waals surface area (Å²) in [5.41, 5.74) is -0.119. The van der Waals surface area contributed by atoms with Crippen molar-refractivity contribution >= 4 is 0 Å². The van der Waals surface area contributed by atoms with Gasteiger partial charge in [-0.2, -0.15) is 0 Å². The summed E-state index contributed by atoms with van der Waals surface area (Å²) in [6, 6.07) is 3.58. The molecule has 3 saturated heterocycles. The molecule has 1 spiro atoms. The van der Waals surface area contributed by atoms with E-state index in [1.54, 1.807) is 12.3 Å². The second-order valence-electron chi connectivity index (χ2n) is 6.80. The molecule has 0 radical (unpaired) electrons. The highest BCUT2D eigenvalue weighted by atomic mass is 19.1. The van der Waals surface area contributed by atoms with Crippen molar-refractivity contribution in [2.75, 3.05) is 32.9 Å². The molecular formula is C17H23FN2O3. The van der Waals surface area contributed by atoms with Gasteiger partial charge >= 0.3 is 0 Å². The van der Waals surface area contributed by atoms with Crippen LogP contribution >= 0.6 is 0 Å². The zero-order valence-corrected chi connectivity index (χ0v) is 13.2. The summed E-state index contributed by atoms with van der Waals surface area (Å²) in [5.74, 6) is -0.291. The minimum absolute atomic E-state index is 0.0232. The Morgan fingerprint density at radius 3 is 2.83 bits per heavy atom. The third-order valence-corrected chi connectivity index (χ3v) is 5.14. The number of likely N-dealkylation sites (tertiary alicyclic amines) is 1. The van der Waals surface area contributed by atoms with E-state index in [0.717, 1.165) is 52.0 Å². The Labute approximate surface area is 135 Å². The number of hydrogen-bond acceptors (Lipinski definition) is 5. The van der Waals surface area contributed by atoms with Gasteiger partial charge in [0.05, 0.1) is 12.2 Å². The Balaban J connectivity index is 1.34. The third kappa shape index (κ3) is 3.20. The normalized spacial score (nSPS) is 28.5. The van der Waals surface area contributed by atoms with Crippen LogP contribution in [0.2, 0.25) is 0 Å². The summed E-state index contributed by atoms with van der Waals surface area (Å²) >= 11 is 0. The van der Waals surface area contributed by atoms with Crippen LogP contribution < -0.4 is 4.74 Å². The fraction of sp³-hybridized carbons (Fsp3) is 0.706. The summed E-state index contributed by atoms with van der Waals surface area (Å²) in [7, 11) is 0. The van der Waals surface area contributed by atoms with Crippen LogP contribution in [0.1, 0.15) is 25.7 Å². The molecule has 0 bridgehead atoms. The molecule has 1 atom stereocenters. The van der Waals surface area contributed by atoms with Gasteiger partial charge in [0.1, 0.15) is 6.10 Å². The molecule has 0 N–H and O–H groups in total. The molecule has 1 aromatic heterocycles. The summed E-state index contributed by atoms with van der Waals surface area (Å²) in [6.07, 6.45) is 5.34. The van der Waals surface area contributed by atoms with E-state index in [9.17, 15) is 4.39 Å². The van der Waals surface area contributed by atoms with E-state index in [1.807, 2.05) is 0 Å². The monoisotopic (exact) mass is 322 g/mol. The minimum Gasteiger partial charge on any atom is -0.472 e. The molecule has 23 heavy (non-hydrogen) atoms. The molecule has 6 heteroatoms. The van der Waals surface area contributed by atoms with Gasteiger partial charge in [-0.05, 0) is 25.0 Å². The molecule has 0 aromatic carbocycles. The predicted octanol–water partition coefficient (Wildman–Crippen LogP) is 2.01. The van der Waals surface area contributed by atoms with Gasteiger partial charge in [-0.1, -0.05) is 0 Å². The average molecular weight is 322 g/mol. The van der Waals surface area contributed by atoms with E-state index in [1.165, 1.54) is 6.07 Å². The molecule has 0 unspecified atom stereocenters. The molecule has 3 fully saturated rings. The maximum atomic E-state index is 13.7. The number of halogens is 1. The maximum absolute atomic E-state index is 13.7. The van der Waals surface area contributed by atoms with Crippen LogP contribution in [0, 0.1) is 5.82 Å². The smallest absolute Gasteiger partial charge is 0.250 e. The number of hydrogen-bond donors (Lipinski definition) is 0. The fourth-order valence-electron chi connectivity index (χ4n) is 3.92. The van der Waals surface area contributed by atoms with Crippen molar-refractivity contribution in [2.45, 2.75) is 43.4 Å². The van der Waals surface area contributed by atoms with Gasteiger partial charge in [0.2, 0.25) is 0 Å². The SMILES string of the molecule is Fc1cccnc1O[C@@H]1CCOC2(C1)CN(C1CCOCC1)C2. The number of nitrogens with zero attached hydrogens (tertiary/aromatic N) is 2. The number of rotatable bonds is 3. The van der Waals surface area contributed by atoms with Gasteiger partial charge < -0.3 is 14.2 Å². The highest BCUT2D eigenvalue weighted by molar-refractivity contribution is 5.14. The topological polar surface area (TPSA) is 43.8 Å². The molecule has 4 rings (SSSR count). The molecule has 5 nitrogen and oxygen atoms in total. The summed E-state index contributed by atoms with van der Waals surface area (Å²) in [5, 5.41) is 0. The second kappa shape index (κ2) is 6.34. The van der Waals surface area contributed by atoms with E-state index < -0.39 is 5.82 Å². The Hall–Kier alpha value is -1.24. The fourth-order valence-corrected chi connectivity index (χ4v) is 3.92. The summed E-state index contributed by atoms with van der Waals surface area (Å²) in [6.45, 7) is 4.28. The predicted molar refractivity (Wildman–Crippen MR) is 81.9 cm³/mol. The first-order valence-corrected chi connectivity index (χ1v) is 8.47. The molecule has 3 aliphatic heterocycles. The van der Waals surface area contributed by atoms with Crippen LogP contribution in [-0.4, -0.2) is 60.5 Å². The van der Waals surface area contributed by atoms with Gasteiger partial charge in [0, 0.05) is 51.4 Å². The van der Waals surface area contributed by atoms with E-state index in [0.29, 0.717) is 12.6 Å². The van der Waals surface area contributed by atoms with Crippen LogP contribution in [0.3, 0.4) is 0 Å². The number of aromatic nitrogens is 1. The van der Waals surface area contributed by atoms with Gasteiger partial charge in [-0.3, -0.25) is 4.90 Å². The van der Waals surface area contributed by atoms with Crippen LogP contribution in [0.15, 0.2) is 18.3 Å². The molecular weight excluding hydrogens is 299 g/mol. The average Bonchev–Trinajstić information content (AvgIpc) is 2.56. The first kappa shape index (κ1) is 15.3. The van der Waals surface area contributed by atoms with Gasteiger partial charge in [0.15, 0.2) is 5.82 Å². The van der Waals surface area contributed by atoms with Crippen molar-refractivity contribution in [3.8, 4) is 5.88 Å². The Morgan fingerprint density at radius 2 is 2.04 bits per heavy atom. The van der Waals surface area contributed by atoms with Crippen molar-refractivity contribution in [3.63, 3.8) is 0 Å². The standard InChI is InChI=1S/C17H23FN2O3/c18-15-2-1-6-19-16(15)23-14-5-9-22-17(10-14)11-20(12-17)13-3-7-21-8-4-13/h1-2,6,13-14H,3-5,7-12H2/t14-/m1/s1. The Morgan fingerprint density at radius 1 is 1.22 bits per heavy atom. The van der Waals surface area contributed by atoms with Crippen molar-refractivity contribution in [1.29, 1.82) is 0 Å². The largest absolute Gasteiger partial charge is 0.472 e. The summed E-state index contributed by atoms with van der Waals surface area (Å²) in [4.78, 5) is 6.48. The quantitative estimate of drug-likeness (QED) is 0.852. The van der Waals surface area contributed by atoms with Crippen LogP contribution in [0.4, 0.5) is 4.39 Å². The van der Waals surface area contributed by atoms with Crippen molar-refractivity contribution in [1.82, 2.24) is 9.88 Å². The highest BCUT2D eigenvalue weighted by Gasteiger charge is 2.50. The Bertz CT molecular complexity index is 544. The molecule has 3 aliphatic rings. The van der Waals surface area contributed by atoms with E-state index in [2.05, 4.69) is 9.88 Å².